The van der Waals surface area contributed by atoms with Gasteiger partial charge in [-0.05, 0) is 11.5 Å². The Balaban J connectivity index is 3.31. The number of carboxylic acid groups (broad SMARTS) is 1. The molecule has 0 fully saturated rings. The summed E-state index contributed by atoms with van der Waals surface area (Å²) in [5.74, 6) is -2.20. The monoisotopic (exact) mass is 206 g/mol. The summed E-state index contributed by atoms with van der Waals surface area (Å²) < 4.78 is 3.45. The zero-order chi connectivity index (χ0) is 9.30. The Bertz CT molecular complexity index is 348. The van der Waals surface area contributed by atoms with Crippen LogP contribution in [0.4, 0.5) is 0 Å². The third kappa shape index (κ3) is 1.39. The van der Waals surface area contributed by atoms with Gasteiger partial charge in [0.2, 0.25) is 0 Å². The fourth-order valence-corrected chi connectivity index (χ4v) is 1.53. The van der Waals surface area contributed by atoms with Crippen molar-refractivity contribution in [2.45, 2.75) is 0 Å². The fraction of sp³-hybridized carbons (Fsp3) is 0. The minimum atomic E-state index is -1.30. The van der Waals surface area contributed by atoms with Gasteiger partial charge in [-0.3, -0.25) is 4.79 Å². The Kier molecular flexibility index (Phi) is 2.30. The summed E-state index contributed by atoms with van der Waals surface area (Å²) in [5, 5.41) is 8.56. The number of primary amides is 1. The topological polar surface area (TPSA) is 93.3 Å². The Hall–Kier alpha value is -1.14. The van der Waals surface area contributed by atoms with E-state index in [0.717, 1.165) is 11.5 Å². The molecule has 0 atom stereocenters. The maximum atomic E-state index is 10.6. The standard InChI is InChI=1S/C5H3ClN2O3S/c6-3-1(5(10)11)2(4(7)9)8-12-3/h(H2,7,9)(H,10,11). The molecule has 1 heterocycles. The molecule has 1 amide bonds. The second kappa shape index (κ2) is 3.08. The van der Waals surface area contributed by atoms with Gasteiger partial charge in [0.15, 0.2) is 5.69 Å². The zero-order valence-electron chi connectivity index (χ0n) is 5.57. The first kappa shape index (κ1) is 8.95. The Morgan fingerprint density at radius 1 is 1.58 bits per heavy atom. The van der Waals surface area contributed by atoms with Crippen molar-refractivity contribution in [1.82, 2.24) is 4.37 Å². The van der Waals surface area contributed by atoms with Gasteiger partial charge in [0, 0.05) is 0 Å². The predicted octanol–water partition coefficient (Wildman–Crippen LogP) is 0.594. The predicted molar refractivity (Wildman–Crippen MR) is 42.6 cm³/mol. The van der Waals surface area contributed by atoms with E-state index in [-0.39, 0.29) is 15.6 Å². The number of aromatic nitrogens is 1. The normalized spacial score (nSPS) is 9.75. The minimum absolute atomic E-state index is 0.0451. The van der Waals surface area contributed by atoms with Crippen molar-refractivity contribution in [2.24, 2.45) is 5.73 Å². The van der Waals surface area contributed by atoms with Crippen LogP contribution in [0.1, 0.15) is 20.8 Å². The first-order chi connectivity index (χ1) is 5.54. The van der Waals surface area contributed by atoms with Gasteiger partial charge in [-0.1, -0.05) is 11.6 Å². The summed E-state index contributed by atoms with van der Waals surface area (Å²) in [6.45, 7) is 0. The van der Waals surface area contributed by atoms with E-state index < -0.39 is 11.9 Å². The average Bonchev–Trinajstić information content (AvgIpc) is 2.30. The highest BCUT2D eigenvalue weighted by molar-refractivity contribution is 7.11. The lowest BCUT2D eigenvalue weighted by molar-refractivity contribution is 0.0692. The van der Waals surface area contributed by atoms with Crippen LogP contribution in [0.15, 0.2) is 0 Å². The molecular formula is C5H3ClN2O3S. The number of aromatic carboxylic acids is 1. The van der Waals surface area contributed by atoms with E-state index in [4.69, 9.17) is 22.4 Å². The molecular weight excluding hydrogens is 204 g/mol. The van der Waals surface area contributed by atoms with Gasteiger partial charge in [-0.15, -0.1) is 0 Å². The Morgan fingerprint density at radius 3 is 2.50 bits per heavy atom. The van der Waals surface area contributed by atoms with Gasteiger partial charge in [0.25, 0.3) is 5.91 Å². The summed E-state index contributed by atoms with van der Waals surface area (Å²) in [4.78, 5) is 21.1. The van der Waals surface area contributed by atoms with E-state index in [9.17, 15) is 9.59 Å². The summed E-state index contributed by atoms with van der Waals surface area (Å²) in [7, 11) is 0. The summed E-state index contributed by atoms with van der Waals surface area (Å²) in [6.07, 6.45) is 0. The molecule has 12 heavy (non-hydrogen) atoms. The van der Waals surface area contributed by atoms with Gasteiger partial charge in [-0.25, -0.2) is 4.79 Å². The van der Waals surface area contributed by atoms with Crippen molar-refractivity contribution in [3.63, 3.8) is 0 Å². The van der Waals surface area contributed by atoms with Gasteiger partial charge in [0.1, 0.15) is 9.90 Å². The van der Waals surface area contributed by atoms with Gasteiger partial charge >= 0.3 is 5.97 Å². The molecule has 64 valence electrons. The average molecular weight is 207 g/mol. The van der Waals surface area contributed by atoms with Gasteiger partial charge < -0.3 is 10.8 Å². The largest absolute Gasteiger partial charge is 0.478 e. The van der Waals surface area contributed by atoms with Crippen LogP contribution in [0.2, 0.25) is 4.34 Å². The number of halogens is 1. The smallest absolute Gasteiger partial charge is 0.340 e. The van der Waals surface area contributed by atoms with E-state index >= 15 is 0 Å². The molecule has 0 saturated heterocycles. The van der Waals surface area contributed by atoms with Gasteiger partial charge in [-0.2, -0.15) is 4.37 Å². The highest BCUT2D eigenvalue weighted by Gasteiger charge is 2.22. The number of nitrogens with two attached hydrogens (primary N) is 1. The Morgan fingerprint density at radius 2 is 2.17 bits per heavy atom. The van der Waals surface area contributed by atoms with E-state index in [1.807, 2.05) is 0 Å². The van der Waals surface area contributed by atoms with Crippen molar-refractivity contribution in [3.8, 4) is 0 Å². The number of hydrogen-bond donors (Lipinski definition) is 2. The summed E-state index contributed by atoms with van der Waals surface area (Å²) >= 11 is 6.17. The van der Waals surface area contributed by atoms with Crippen LogP contribution in [-0.2, 0) is 0 Å². The molecule has 0 bridgehead atoms. The molecule has 1 aromatic rings. The number of carbonyl (C=O) groups is 2. The molecule has 0 aliphatic carbocycles. The van der Waals surface area contributed by atoms with Crippen molar-refractivity contribution in [3.05, 3.63) is 15.6 Å². The van der Waals surface area contributed by atoms with Crippen LogP contribution in [0, 0.1) is 0 Å². The fourth-order valence-electron chi connectivity index (χ4n) is 0.624. The van der Waals surface area contributed by atoms with Crippen molar-refractivity contribution < 1.29 is 14.7 Å². The van der Waals surface area contributed by atoms with E-state index in [1.54, 1.807) is 0 Å². The minimum Gasteiger partial charge on any atom is -0.478 e. The van der Waals surface area contributed by atoms with Crippen molar-refractivity contribution >= 4 is 35.0 Å². The number of carbonyl (C=O) groups excluding carboxylic acids is 1. The third-order valence-electron chi connectivity index (χ3n) is 1.10. The highest BCUT2D eigenvalue weighted by atomic mass is 35.5. The second-order valence-electron chi connectivity index (χ2n) is 1.85. The molecule has 0 aromatic carbocycles. The molecule has 3 N–H and O–H groups in total. The third-order valence-corrected chi connectivity index (χ3v) is 2.13. The first-order valence-electron chi connectivity index (χ1n) is 2.72. The van der Waals surface area contributed by atoms with Gasteiger partial charge in [0.05, 0.1) is 0 Å². The lowest BCUT2D eigenvalue weighted by atomic mass is 10.2. The van der Waals surface area contributed by atoms with Crippen LogP contribution in [-0.4, -0.2) is 21.4 Å². The molecule has 1 rings (SSSR count). The number of nitrogens with zero attached hydrogens (tertiary/aromatic N) is 1. The van der Waals surface area contributed by atoms with E-state index in [1.165, 1.54) is 0 Å². The second-order valence-corrected chi connectivity index (χ2v) is 3.22. The lowest BCUT2D eigenvalue weighted by Gasteiger charge is -1.91. The molecule has 0 aliphatic heterocycles. The quantitative estimate of drug-likeness (QED) is 0.741. The molecule has 0 radical (unpaired) electrons. The molecule has 5 nitrogen and oxygen atoms in total. The highest BCUT2D eigenvalue weighted by Crippen LogP contribution is 2.23. The first-order valence-corrected chi connectivity index (χ1v) is 3.87. The molecule has 0 saturated carbocycles. The van der Waals surface area contributed by atoms with Crippen LogP contribution >= 0.6 is 23.1 Å². The van der Waals surface area contributed by atoms with Crippen LogP contribution in [0.3, 0.4) is 0 Å². The SMILES string of the molecule is NC(=O)c1nsc(Cl)c1C(=O)O. The molecule has 1 aromatic heterocycles. The number of amides is 1. The number of rotatable bonds is 2. The lowest BCUT2D eigenvalue weighted by Crippen LogP contribution is -2.15. The maximum Gasteiger partial charge on any atom is 0.340 e. The number of carboxylic acids is 1. The molecule has 7 heteroatoms. The summed E-state index contributed by atoms with van der Waals surface area (Å²) in [6, 6.07) is 0. The number of hydrogen-bond acceptors (Lipinski definition) is 4. The molecule has 0 aliphatic rings. The molecule has 0 spiro atoms. The van der Waals surface area contributed by atoms with Crippen LogP contribution in [0.5, 0.6) is 0 Å². The van der Waals surface area contributed by atoms with Crippen LogP contribution < -0.4 is 5.73 Å². The van der Waals surface area contributed by atoms with E-state index in [0.29, 0.717) is 0 Å². The summed E-state index contributed by atoms with van der Waals surface area (Å²) in [5.41, 5.74) is 4.23. The van der Waals surface area contributed by atoms with Crippen LogP contribution in [0.25, 0.3) is 0 Å². The van der Waals surface area contributed by atoms with Crippen molar-refractivity contribution in [2.75, 3.05) is 0 Å². The zero-order valence-corrected chi connectivity index (χ0v) is 7.15. The van der Waals surface area contributed by atoms with Crippen molar-refractivity contribution in [1.29, 1.82) is 0 Å². The Labute approximate surface area is 75.9 Å². The maximum absolute atomic E-state index is 10.6. The van der Waals surface area contributed by atoms with E-state index in [2.05, 4.69) is 4.37 Å². The molecule has 0 unspecified atom stereocenters.